The quantitative estimate of drug-likeness (QED) is 0.641. The van der Waals surface area contributed by atoms with E-state index in [1.165, 1.54) is 6.33 Å². The Kier molecular flexibility index (Phi) is 4.94. The Morgan fingerprint density at radius 3 is 2.52 bits per heavy atom. The van der Waals surface area contributed by atoms with E-state index in [1.807, 2.05) is 43.3 Å². The first-order chi connectivity index (χ1) is 12.1. The number of imidazole rings is 1. The second-order valence-corrected chi connectivity index (χ2v) is 5.49. The standard InChI is InChI=1S/C18H18N4O3/c1-12-7-8-14(25-12)10-20-18(24)16-15(21-11-22-16)17(23)19-9-13-5-3-2-4-6-13/h2-8,11H,9-10H2,1H3,(H,19,23)(H,20,24)(H,21,22). The molecule has 0 fully saturated rings. The number of furan rings is 1. The number of aromatic amines is 1. The average molecular weight is 338 g/mol. The highest BCUT2D eigenvalue weighted by atomic mass is 16.3. The van der Waals surface area contributed by atoms with Gasteiger partial charge >= 0.3 is 0 Å². The van der Waals surface area contributed by atoms with Crippen molar-refractivity contribution in [2.24, 2.45) is 0 Å². The van der Waals surface area contributed by atoms with Gasteiger partial charge in [0.15, 0.2) is 5.69 Å². The van der Waals surface area contributed by atoms with E-state index in [0.29, 0.717) is 12.3 Å². The Hall–Kier alpha value is -3.35. The molecule has 0 unspecified atom stereocenters. The Morgan fingerprint density at radius 1 is 1.04 bits per heavy atom. The first-order valence-corrected chi connectivity index (χ1v) is 7.82. The Morgan fingerprint density at radius 2 is 1.80 bits per heavy atom. The van der Waals surface area contributed by atoms with Crippen LogP contribution in [0, 0.1) is 6.92 Å². The van der Waals surface area contributed by atoms with E-state index >= 15 is 0 Å². The Labute approximate surface area is 144 Å². The summed E-state index contributed by atoms with van der Waals surface area (Å²) in [4.78, 5) is 31.2. The smallest absolute Gasteiger partial charge is 0.272 e. The van der Waals surface area contributed by atoms with Crippen molar-refractivity contribution < 1.29 is 14.0 Å². The second kappa shape index (κ2) is 7.48. The minimum absolute atomic E-state index is 0.0499. The molecule has 0 aliphatic carbocycles. The maximum atomic E-state index is 12.3. The maximum Gasteiger partial charge on any atom is 0.272 e. The lowest BCUT2D eigenvalue weighted by molar-refractivity contribution is 0.0910. The van der Waals surface area contributed by atoms with Gasteiger partial charge in [0.1, 0.15) is 17.2 Å². The number of hydrogen-bond acceptors (Lipinski definition) is 4. The number of H-pyrrole nitrogens is 1. The fraction of sp³-hybridized carbons (Fsp3) is 0.167. The molecule has 0 atom stereocenters. The van der Waals surface area contributed by atoms with Crippen molar-refractivity contribution in [3.63, 3.8) is 0 Å². The van der Waals surface area contributed by atoms with Crippen LogP contribution >= 0.6 is 0 Å². The Bertz CT molecular complexity index is 867. The lowest BCUT2D eigenvalue weighted by Gasteiger charge is -2.06. The number of benzene rings is 1. The third-order valence-electron chi connectivity index (χ3n) is 3.60. The summed E-state index contributed by atoms with van der Waals surface area (Å²) in [7, 11) is 0. The van der Waals surface area contributed by atoms with E-state index < -0.39 is 5.91 Å². The van der Waals surface area contributed by atoms with Gasteiger partial charge in [0.2, 0.25) is 0 Å². The molecule has 0 radical (unpaired) electrons. The van der Waals surface area contributed by atoms with E-state index in [2.05, 4.69) is 20.6 Å². The molecule has 7 heteroatoms. The van der Waals surface area contributed by atoms with Crippen molar-refractivity contribution in [1.82, 2.24) is 20.6 Å². The normalized spacial score (nSPS) is 10.4. The summed E-state index contributed by atoms with van der Waals surface area (Å²) in [6.07, 6.45) is 1.32. The minimum Gasteiger partial charge on any atom is -0.465 e. The highest BCUT2D eigenvalue weighted by Gasteiger charge is 2.20. The van der Waals surface area contributed by atoms with Crippen molar-refractivity contribution in [2.45, 2.75) is 20.0 Å². The molecule has 3 aromatic rings. The highest BCUT2D eigenvalue weighted by Crippen LogP contribution is 2.08. The molecule has 0 saturated heterocycles. The van der Waals surface area contributed by atoms with Gasteiger partial charge in [-0.15, -0.1) is 0 Å². The predicted octanol–water partition coefficient (Wildman–Crippen LogP) is 2.17. The number of aromatic nitrogens is 2. The highest BCUT2D eigenvalue weighted by molar-refractivity contribution is 6.04. The number of aryl methyl sites for hydroxylation is 1. The second-order valence-electron chi connectivity index (χ2n) is 5.49. The van der Waals surface area contributed by atoms with E-state index in [9.17, 15) is 9.59 Å². The number of rotatable bonds is 6. The number of amides is 2. The number of carbonyl (C=O) groups excluding carboxylic acids is 2. The van der Waals surface area contributed by atoms with Crippen LogP contribution in [0.1, 0.15) is 38.1 Å². The van der Waals surface area contributed by atoms with Crippen LogP contribution in [-0.4, -0.2) is 21.8 Å². The lowest BCUT2D eigenvalue weighted by atomic mass is 10.2. The summed E-state index contributed by atoms with van der Waals surface area (Å²) in [5.41, 5.74) is 1.15. The van der Waals surface area contributed by atoms with Crippen LogP contribution in [0.15, 0.2) is 53.2 Å². The molecule has 0 aliphatic rings. The van der Waals surface area contributed by atoms with Crippen molar-refractivity contribution in [3.05, 3.63) is 77.3 Å². The molecule has 2 heterocycles. The molecule has 3 N–H and O–H groups in total. The van der Waals surface area contributed by atoms with Crippen molar-refractivity contribution in [2.75, 3.05) is 0 Å². The zero-order valence-electron chi connectivity index (χ0n) is 13.7. The van der Waals surface area contributed by atoms with Gasteiger partial charge in [-0.05, 0) is 24.6 Å². The number of nitrogens with zero attached hydrogens (tertiary/aromatic N) is 1. The molecule has 1 aromatic carbocycles. The topological polar surface area (TPSA) is 100 Å². The molecule has 0 spiro atoms. The third-order valence-corrected chi connectivity index (χ3v) is 3.60. The summed E-state index contributed by atoms with van der Waals surface area (Å²) >= 11 is 0. The van der Waals surface area contributed by atoms with Crippen molar-refractivity contribution >= 4 is 11.8 Å². The van der Waals surface area contributed by atoms with Crippen LogP contribution in [0.25, 0.3) is 0 Å². The maximum absolute atomic E-state index is 12.3. The summed E-state index contributed by atoms with van der Waals surface area (Å²) < 4.78 is 5.39. The molecule has 0 aliphatic heterocycles. The number of carbonyl (C=O) groups is 2. The van der Waals surface area contributed by atoms with Gasteiger partial charge in [-0.3, -0.25) is 9.59 Å². The van der Waals surface area contributed by atoms with Gasteiger partial charge in [0.25, 0.3) is 11.8 Å². The molecule has 25 heavy (non-hydrogen) atoms. The van der Waals surface area contributed by atoms with Gasteiger partial charge < -0.3 is 20.0 Å². The summed E-state index contributed by atoms with van der Waals surface area (Å²) in [5, 5.41) is 5.45. The third kappa shape index (κ3) is 4.14. The van der Waals surface area contributed by atoms with Crippen LogP contribution in [0.5, 0.6) is 0 Å². The van der Waals surface area contributed by atoms with E-state index in [1.54, 1.807) is 6.07 Å². The fourth-order valence-electron chi connectivity index (χ4n) is 2.34. The average Bonchev–Trinajstić information content (AvgIpc) is 3.27. The summed E-state index contributed by atoms with van der Waals surface area (Å²) in [6, 6.07) is 13.1. The SMILES string of the molecule is Cc1ccc(CNC(=O)c2nc[nH]c2C(=O)NCc2ccccc2)o1. The molecule has 7 nitrogen and oxygen atoms in total. The van der Waals surface area contributed by atoms with Crippen LogP contribution in [0.4, 0.5) is 0 Å². The van der Waals surface area contributed by atoms with Crippen molar-refractivity contribution in [3.8, 4) is 0 Å². The predicted molar refractivity (Wildman–Crippen MR) is 90.8 cm³/mol. The van der Waals surface area contributed by atoms with Crippen LogP contribution in [-0.2, 0) is 13.1 Å². The van der Waals surface area contributed by atoms with E-state index in [4.69, 9.17) is 4.42 Å². The molecule has 3 rings (SSSR count). The Balaban J connectivity index is 1.60. The molecule has 2 amide bonds. The van der Waals surface area contributed by atoms with Gasteiger partial charge in [-0.25, -0.2) is 4.98 Å². The van der Waals surface area contributed by atoms with Crippen LogP contribution in [0.2, 0.25) is 0 Å². The number of hydrogen-bond donors (Lipinski definition) is 3. The van der Waals surface area contributed by atoms with E-state index in [0.717, 1.165) is 11.3 Å². The minimum atomic E-state index is -0.444. The molecule has 0 saturated carbocycles. The lowest BCUT2D eigenvalue weighted by Crippen LogP contribution is -2.29. The first kappa shape index (κ1) is 16.5. The monoisotopic (exact) mass is 338 g/mol. The summed E-state index contributed by atoms with van der Waals surface area (Å²) in [6.45, 7) is 2.42. The van der Waals surface area contributed by atoms with Gasteiger partial charge in [-0.1, -0.05) is 30.3 Å². The summed E-state index contributed by atoms with van der Waals surface area (Å²) in [5.74, 6) is 0.571. The molecule has 0 bridgehead atoms. The van der Waals surface area contributed by atoms with Crippen LogP contribution in [0.3, 0.4) is 0 Å². The van der Waals surface area contributed by atoms with Crippen LogP contribution < -0.4 is 10.6 Å². The first-order valence-electron chi connectivity index (χ1n) is 7.82. The zero-order valence-corrected chi connectivity index (χ0v) is 13.7. The number of nitrogens with one attached hydrogen (secondary N) is 3. The van der Waals surface area contributed by atoms with E-state index in [-0.39, 0.29) is 23.8 Å². The zero-order chi connectivity index (χ0) is 17.6. The van der Waals surface area contributed by atoms with Gasteiger partial charge in [0, 0.05) is 6.54 Å². The largest absolute Gasteiger partial charge is 0.465 e. The molecule has 128 valence electrons. The van der Waals surface area contributed by atoms with Gasteiger partial charge in [0.05, 0.1) is 12.9 Å². The molecule has 2 aromatic heterocycles. The molecular weight excluding hydrogens is 320 g/mol. The molecular formula is C18H18N4O3. The fourth-order valence-corrected chi connectivity index (χ4v) is 2.34. The van der Waals surface area contributed by atoms with Gasteiger partial charge in [-0.2, -0.15) is 0 Å². The van der Waals surface area contributed by atoms with Crippen molar-refractivity contribution in [1.29, 1.82) is 0 Å².